The van der Waals surface area contributed by atoms with Gasteiger partial charge in [0, 0.05) is 32.6 Å². The zero-order chi connectivity index (χ0) is 19.2. The first-order chi connectivity index (χ1) is 13.1. The summed E-state index contributed by atoms with van der Waals surface area (Å²) < 4.78 is 5.22. The monoisotopic (exact) mass is 372 g/mol. The summed E-state index contributed by atoms with van der Waals surface area (Å²) in [6, 6.07) is 8.30. The highest BCUT2D eigenvalue weighted by atomic mass is 16.5. The summed E-state index contributed by atoms with van der Waals surface area (Å²) in [5.74, 6) is 1.94. The molecule has 27 heavy (non-hydrogen) atoms. The minimum Gasteiger partial charge on any atom is -0.497 e. The van der Waals surface area contributed by atoms with Crippen LogP contribution in [0.15, 0.2) is 24.3 Å². The second kappa shape index (κ2) is 9.25. The van der Waals surface area contributed by atoms with E-state index in [1.807, 2.05) is 28.9 Å². The Labute approximate surface area is 162 Å². The summed E-state index contributed by atoms with van der Waals surface area (Å²) in [5.41, 5.74) is 1.33. The molecule has 0 unspecified atom stereocenters. The fraction of sp³-hybridized carbons (Fsp3) is 0.636. The van der Waals surface area contributed by atoms with Crippen molar-refractivity contribution in [3.63, 3.8) is 0 Å². The van der Waals surface area contributed by atoms with Gasteiger partial charge in [0.25, 0.3) is 0 Å². The normalized spacial score (nSPS) is 21.2. The molecule has 1 atom stereocenters. The molecule has 5 heteroatoms. The lowest BCUT2D eigenvalue weighted by Gasteiger charge is -2.38. The number of likely N-dealkylation sites (tertiary alicyclic amines) is 2. The third kappa shape index (κ3) is 5.02. The molecule has 0 bridgehead atoms. The molecule has 3 rings (SSSR count). The van der Waals surface area contributed by atoms with Gasteiger partial charge in [-0.2, -0.15) is 0 Å². The number of hydrogen-bond acceptors (Lipinski definition) is 3. The van der Waals surface area contributed by atoms with Gasteiger partial charge >= 0.3 is 0 Å². The van der Waals surface area contributed by atoms with E-state index in [0.717, 1.165) is 57.5 Å². The van der Waals surface area contributed by atoms with Crippen molar-refractivity contribution in [2.75, 3.05) is 33.3 Å². The highest BCUT2D eigenvalue weighted by molar-refractivity contribution is 5.81. The lowest BCUT2D eigenvalue weighted by atomic mass is 9.89. The average molecular weight is 373 g/mol. The fourth-order valence-corrected chi connectivity index (χ4v) is 4.34. The van der Waals surface area contributed by atoms with E-state index in [1.165, 1.54) is 5.56 Å². The first-order valence-corrected chi connectivity index (χ1v) is 10.3. The molecule has 1 aromatic carbocycles. The summed E-state index contributed by atoms with van der Waals surface area (Å²) in [5, 5.41) is 0. The maximum absolute atomic E-state index is 12.9. The molecule has 148 valence electrons. The number of methoxy groups -OCH3 is 1. The van der Waals surface area contributed by atoms with Gasteiger partial charge in [-0.25, -0.2) is 0 Å². The molecule has 2 aliphatic heterocycles. The molecule has 0 spiro atoms. The summed E-state index contributed by atoms with van der Waals surface area (Å²) in [7, 11) is 1.69. The van der Waals surface area contributed by atoms with E-state index in [0.29, 0.717) is 18.9 Å². The van der Waals surface area contributed by atoms with Gasteiger partial charge in [0.05, 0.1) is 13.0 Å². The number of amides is 2. The summed E-state index contributed by atoms with van der Waals surface area (Å²) >= 11 is 0. The minimum absolute atomic E-state index is 0.00705. The van der Waals surface area contributed by atoms with Gasteiger partial charge in [-0.1, -0.05) is 19.1 Å². The Bertz CT molecular complexity index is 635. The molecule has 2 aliphatic rings. The average Bonchev–Trinajstić information content (AvgIpc) is 2.74. The number of hydrogen-bond donors (Lipinski definition) is 0. The summed E-state index contributed by atoms with van der Waals surface area (Å²) in [6.07, 6.45) is 5.56. The molecule has 5 nitrogen and oxygen atoms in total. The van der Waals surface area contributed by atoms with E-state index < -0.39 is 0 Å². The van der Waals surface area contributed by atoms with Crippen LogP contribution >= 0.6 is 0 Å². The highest BCUT2D eigenvalue weighted by Gasteiger charge is 2.32. The number of nitrogens with zero attached hydrogens (tertiary/aromatic N) is 2. The Morgan fingerprint density at radius 3 is 2.37 bits per heavy atom. The van der Waals surface area contributed by atoms with Gasteiger partial charge in [-0.05, 0) is 55.7 Å². The maximum Gasteiger partial charge on any atom is 0.227 e. The largest absolute Gasteiger partial charge is 0.497 e. The Balaban J connectivity index is 1.48. The summed E-state index contributed by atoms with van der Waals surface area (Å²) in [4.78, 5) is 28.8. The Morgan fingerprint density at radius 1 is 1.04 bits per heavy atom. The molecule has 0 aromatic heterocycles. The highest BCUT2D eigenvalue weighted by Crippen LogP contribution is 2.26. The van der Waals surface area contributed by atoms with E-state index in [1.54, 1.807) is 7.11 Å². The first-order valence-electron chi connectivity index (χ1n) is 10.3. The van der Waals surface area contributed by atoms with Crippen LogP contribution in [0.5, 0.6) is 5.75 Å². The van der Waals surface area contributed by atoms with E-state index in [9.17, 15) is 9.59 Å². The zero-order valence-corrected chi connectivity index (χ0v) is 16.7. The number of rotatable bonds is 5. The fourth-order valence-electron chi connectivity index (χ4n) is 4.34. The van der Waals surface area contributed by atoms with Gasteiger partial charge in [0.15, 0.2) is 0 Å². The van der Waals surface area contributed by atoms with Crippen LogP contribution in [-0.4, -0.2) is 54.9 Å². The zero-order valence-electron chi connectivity index (χ0n) is 16.7. The van der Waals surface area contributed by atoms with Crippen molar-refractivity contribution >= 4 is 11.8 Å². The van der Waals surface area contributed by atoms with Crippen molar-refractivity contribution in [3.8, 4) is 5.75 Å². The van der Waals surface area contributed by atoms with Crippen molar-refractivity contribution in [1.82, 2.24) is 9.80 Å². The second-order valence-corrected chi connectivity index (χ2v) is 7.85. The van der Waals surface area contributed by atoms with E-state index >= 15 is 0 Å². The van der Waals surface area contributed by atoms with E-state index in [-0.39, 0.29) is 17.7 Å². The van der Waals surface area contributed by atoms with Crippen molar-refractivity contribution < 1.29 is 14.3 Å². The van der Waals surface area contributed by atoms with Crippen molar-refractivity contribution in [3.05, 3.63) is 29.8 Å². The van der Waals surface area contributed by atoms with Crippen LogP contribution in [-0.2, 0) is 16.0 Å². The second-order valence-electron chi connectivity index (χ2n) is 7.85. The molecule has 0 aliphatic carbocycles. The molecule has 0 radical (unpaired) electrons. The number of benzene rings is 1. The van der Waals surface area contributed by atoms with Gasteiger partial charge in [0.1, 0.15) is 5.75 Å². The smallest absolute Gasteiger partial charge is 0.227 e. The molecular weight excluding hydrogens is 340 g/mol. The standard InChI is InChI=1S/C22H32N2O3/c1-3-21(25)24-12-4-5-19(16-24)22(26)23-13-10-18(11-14-23)15-17-6-8-20(27-2)9-7-17/h6-9,18-19H,3-5,10-16H2,1-2H3/t19-/m0/s1. The van der Waals surface area contributed by atoms with Gasteiger partial charge in [0.2, 0.25) is 11.8 Å². The van der Waals surface area contributed by atoms with E-state index in [4.69, 9.17) is 4.74 Å². The Kier molecular flexibility index (Phi) is 6.75. The topological polar surface area (TPSA) is 49.9 Å². The van der Waals surface area contributed by atoms with Crippen LogP contribution in [0.4, 0.5) is 0 Å². The summed E-state index contributed by atoms with van der Waals surface area (Å²) in [6.45, 7) is 4.99. The van der Waals surface area contributed by atoms with Gasteiger partial charge < -0.3 is 14.5 Å². The van der Waals surface area contributed by atoms with Crippen LogP contribution in [0.3, 0.4) is 0 Å². The van der Waals surface area contributed by atoms with E-state index in [2.05, 4.69) is 12.1 Å². The van der Waals surface area contributed by atoms with Crippen LogP contribution in [0.25, 0.3) is 0 Å². The van der Waals surface area contributed by atoms with Gasteiger partial charge in [-0.3, -0.25) is 9.59 Å². The van der Waals surface area contributed by atoms with Crippen LogP contribution in [0.1, 0.15) is 44.6 Å². The Morgan fingerprint density at radius 2 is 1.74 bits per heavy atom. The van der Waals surface area contributed by atoms with Crippen molar-refractivity contribution in [2.24, 2.45) is 11.8 Å². The molecule has 0 saturated carbocycles. The minimum atomic E-state index is -0.00705. The molecule has 1 aromatic rings. The molecule has 2 fully saturated rings. The molecular formula is C22H32N2O3. The lowest BCUT2D eigenvalue weighted by molar-refractivity contribution is -0.141. The molecule has 2 heterocycles. The quantitative estimate of drug-likeness (QED) is 0.798. The third-order valence-electron chi connectivity index (χ3n) is 6.04. The first kappa shape index (κ1) is 19.7. The van der Waals surface area contributed by atoms with Crippen LogP contribution in [0.2, 0.25) is 0 Å². The molecule has 2 saturated heterocycles. The SMILES string of the molecule is CCC(=O)N1CCC[C@H](C(=O)N2CCC(Cc3ccc(OC)cc3)CC2)C1. The lowest BCUT2D eigenvalue weighted by Crippen LogP contribution is -2.48. The maximum atomic E-state index is 12.9. The number of ether oxygens (including phenoxy) is 1. The van der Waals surface area contributed by atoms with Crippen molar-refractivity contribution in [2.45, 2.75) is 45.4 Å². The predicted octanol–water partition coefficient (Wildman–Crippen LogP) is 3.12. The Hall–Kier alpha value is -2.04. The predicted molar refractivity (Wildman–Crippen MR) is 106 cm³/mol. The molecule has 0 N–H and O–H groups in total. The van der Waals surface area contributed by atoms with Crippen LogP contribution < -0.4 is 4.74 Å². The van der Waals surface area contributed by atoms with Crippen molar-refractivity contribution in [1.29, 1.82) is 0 Å². The number of carbonyl (C=O) groups excluding carboxylic acids is 2. The molecule has 2 amide bonds. The van der Waals surface area contributed by atoms with Gasteiger partial charge in [-0.15, -0.1) is 0 Å². The van der Waals surface area contributed by atoms with Crippen LogP contribution in [0, 0.1) is 11.8 Å². The number of carbonyl (C=O) groups is 2. The number of piperidine rings is 2. The third-order valence-corrected chi connectivity index (χ3v) is 6.04.